The summed E-state index contributed by atoms with van der Waals surface area (Å²) in [5.74, 6) is 0. The van der Waals surface area contributed by atoms with Gasteiger partial charge in [0.2, 0.25) is 0 Å². The van der Waals surface area contributed by atoms with Crippen molar-refractivity contribution in [2.24, 2.45) is 4.99 Å². The Morgan fingerprint density at radius 1 is 0.917 bits per heavy atom. The van der Waals surface area contributed by atoms with E-state index in [1.165, 1.54) is 5.56 Å². The summed E-state index contributed by atoms with van der Waals surface area (Å²) in [5, 5.41) is 21.1. The highest BCUT2D eigenvalue weighted by Gasteiger charge is 2.02. The van der Waals surface area contributed by atoms with Gasteiger partial charge in [0.25, 0.3) is 0 Å². The fraction of sp³-hybridized carbons (Fsp3) is 0.105. The van der Waals surface area contributed by atoms with Gasteiger partial charge in [-0.05, 0) is 29.3 Å². The number of hydrogen-bond acceptors (Lipinski definition) is 4. The summed E-state index contributed by atoms with van der Waals surface area (Å²) in [6, 6.07) is 20.9. The molecule has 5 nitrogen and oxygen atoms in total. The molecule has 0 aliphatic rings. The lowest BCUT2D eigenvalue weighted by molar-refractivity contribution is 0.295. The van der Waals surface area contributed by atoms with Crippen molar-refractivity contribution < 1.29 is 5.21 Å². The fourth-order valence-corrected chi connectivity index (χ4v) is 2.45. The van der Waals surface area contributed by atoms with E-state index in [1.807, 2.05) is 71.6 Å². The third-order valence-corrected chi connectivity index (χ3v) is 3.71. The summed E-state index contributed by atoms with van der Waals surface area (Å²) < 4.78 is 1.93. The molecule has 0 bridgehead atoms. The molecule has 0 aliphatic carbocycles. The van der Waals surface area contributed by atoms with Crippen LogP contribution in [0.4, 0.5) is 5.69 Å². The van der Waals surface area contributed by atoms with Gasteiger partial charge in [0.15, 0.2) is 0 Å². The molecule has 3 rings (SSSR count). The van der Waals surface area contributed by atoms with E-state index in [4.69, 9.17) is 5.21 Å². The average molecular weight is 320 g/mol. The fourth-order valence-electron chi connectivity index (χ4n) is 2.45. The summed E-state index contributed by atoms with van der Waals surface area (Å²) >= 11 is 0. The molecule has 2 aromatic carbocycles. The van der Waals surface area contributed by atoms with E-state index in [-0.39, 0.29) is 10.9 Å². The number of pyridine rings is 1. The number of anilines is 1. The largest absolute Gasteiger partial charge is 0.733 e. The van der Waals surface area contributed by atoms with E-state index < -0.39 is 0 Å². The van der Waals surface area contributed by atoms with Crippen LogP contribution in [0.1, 0.15) is 11.1 Å². The normalized spacial score (nSPS) is 10.4. The van der Waals surface area contributed by atoms with Gasteiger partial charge in [0, 0.05) is 18.9 Å². The van der Waals surface area contributed by atoms with Gasteiger partial charge in [0.05, 0.1) is 17.6 Å². The van der Waals surface area contributed by atoms with Crippen LogP contribution < -0.4 is 10.6 Å². The van der Waals surface area contributed by atoms with Crippen molar-refractivity contribution >= 4 is 5.69 Å². The molecule has 3 aromatic rings. The molecule has 0 aliphatic heterocycles. The highest BCUT2D eigenvalue weighted by atomic mass is 16.8. The molecule has 0 radical (unpaired) electrons. The molecule has 0 atom stereocenters. The van der Waals surface area contributed by atoms with Gasteiger partial charge >= 0.3 is 0 Å². The number of benzene rings is 2. The lowest BCUT2D eigenvalue weighted by Gasteiger charge is -2.24. The quantitative estimate of drug-likeness (QED) is 0.733. The maximum Gasteiger partial charge on any atom is 0.0646 e. The molecule has 1 heterocycles. The predicted octanol–water partition coefficient (Wildman–Crippen LogP) is 3.33. The van der Waals surface area contributed by atoms with Crippen molar-refractivity contribution in [2.75, 3.05) is 5.23 Å². The topological polar surface area (TPSA) is 63.8 Å². The Balaban J connectivity index is 1.73. The van der Waals surface area contributed by atoms with Gasteiger partial charge in [-0.2, -0.15) is 0 Å². The second kappa shape index (κ2) is 7.59. The maximum absolute atomic E-state index is 11.2. The van der Waals surface area contributed by atoms with E-state index in [0.717, 1.165) is 10.9 Å². The highest BCUT2D eigenvalue weighted by molar-refractivity contribution is 5.51. The highest BCUT2D eigenvalue weighted by Crippen LogP contribution is 2.18. The van der Waals surface area contributed by atoms with Crippen LogP contribution in [0.3, 0.4) is 0 Å². The minimum Gasteiger partial charge on any atom is -0.733 e. The monoisotopic (exact) mass is 320 g/mol. The van der Waals surface area contributed by atoms with E-state index >= 15 is 0 Å². The molecule has 5 heteroatoms. The zero-order chi connectivity index (χ0) is 16.8. The van der Waals surface area contributed by atoms with Crippen molar-refractivity contribution in [2.45, 2.75) is 13.1 Å². The second-order valence-corrected chi connectivity index (χ2v) is 5.43. The smallest absolute Gasteiger partial charge is 0.0646 e. The average Bonchev–Trinajstić information content (AvgIpc) is 2.62. The van der Waals surface area contributed by atoms with Crippen LogP contribution >= 0.6 is 0 Å². The first-order valence-electron chi connectivity index (χ1n) is 7.67. The number of nitrogens with zero attached hydrogens (tertiary/aromatic N) is 3. The van der Waals surface area contributed by atoms with E-state index in [1.54, 1.807) is 12.1 Å². The van der Waals surface area contributed by atoms with Crippen molar-refractivity contribution in [3.05, 3.63) is 101 Å². The number of rotatable bonds is 5. The van der Waals surface area contributed by atoms with Crippen LogP contribution in [0.2, 0.25) is 0 Å². The molecule has 0 saturated heterocycles. The van der Waals surface area contributed by atoms with Crippen molar-refractivity contribution in [1.82, 2.24) is 4.57 Å². The zero-order valence-corrected chi connectivity index (χ0v) is 13.1. The first-order valence-corrected chi connectivity index (χ1v) is 7.67. The number of hydrogen-bond donors (Lipinski definition) is 1. The molecule has 1 aromatic heterocycles. The first-order chi connectivity index (χ1) is 11.7. The van der Waals surface area contributed by atoms with Crippen molar-refractivity contribution in [1.29, 1.82) is 0 Å². The lowest BCUT2D eigenvalue weighted by Crippen LogP contribution is -2.12. The van der Waals surface area contributed by atoms with Gasteiger partial charge in [-0.25, -0.2) is 0 Å². The molecule has 122 valence electrons. The zero-order valence-electron chi connectivity index (χ0n) is 13.1. The maximum atomic E-state index is 11.2. The summed E-state index contributed by atoms with van der Waals surface area (Å²) in [5.41, 5.74) is 2.17. The van der Waals surface area contributed by atoms with Crippen LogP contribution in [-0.4, -0.2) is 9.77 Å². The Morgan fingerprint density at radius 2 is 1.58 bits per heavy atom. The Morgan fingerprint density at radius 3 is 2.29 bits per heavy atom. The van der Waals surface area contributed by atoms with E-state index in [0.29, 0.717) is 13.1 Å². The third kappa shape index (κ3) is 4.10. The molecule has 0 unspecified atom stereocenters. The van der Waals surface area contributed by atoms with Crippen LogP contribution in [0.5, 0.6) is 0 Å². The van der Waals surface area contributed by atoms with Crippen LogP contribution in [0.25, 0.3) is 0 Å². The standard InChI is InChI=1S/C19H18N3O2/c23-22(24)19-9-5-4-8-17(19)15-21-12-10-18(11-13-21)20-14-16-6-2-1-3-7-16/h1-13,23H,14-15H2/q-1. The molecular weight excluding hydrogens is 302 g/mol. The molecule has 24 heavy (non-hydrogen) atoms. The van der Waals surface area contributed by atoms with Gasteiger partial charge in [-0.1, -0.05) is 48.5 Å². The lowest BCUT2D eigenvalue weighted by atomic mass is 10.2. The number of para-hydroxylation sites is 1. The van der Waals surface area contributed by atoms with Crippen molar-refractivity contribution in [3.63, 3.8) is 0 Å². The van der Waals surface area contributed by atoms with Gasteiger partial charge in [-0.3, -0.25) is 10.2 Å². The Hall–Kier alpha value is -2.89. The second-order valence-electron chi connectivity index (χ2n) is 5.43. The summed E-state index contributed by atoms with van der Waals surface area (Å²) in [7, 11) is 0. The van der Waals surface area contributed by atoms with Crippen LogP contribution in [0, 0.1) is 5.21 Å². The van der Waals surface area contributed by atoms with E-state index in [2.05, 4.69) is 4.99 Å². The third-order valence-electron chi connectivity index (χ3n) is 3.71. The molecule has 0 spiro atoms. The molecular formula is C19H18N3O2-. The van der Waals surface area contributed by atoms with Crippen LogP contribution in [0.15, 0.2) is 84.1 Å². The minimum atomic E-state index is -0.0978. The van der Waals surface area contributed by atoms with Crippen molar-refractivity contribution in [3.8, 4) is 0 Å². The molecule has 0 saturated carbocycles. The Bertz CT molecular complexity index is 837. The van der Waals surface area contributed by atoms with Gasteiger partial charge < -0.3 is 15.0 Å². The molecule has 0 amide bonds. The first kappa shape index (κ1) is 16.0. The summed E-state index contributed by atoms with van der Waals surface area (Å²) in [6.45, 7) is 1.14. The van der Waals surface area contributed by atoms with Gasteiger partial charge in [0.1, 0.15) is 0 Å². The van der Waals surface area contributed by atoms with Crippen LogP contribution in [-0.2, 0) is 13.1 Å². The predicted molar refractivity (Wildman–Crippen MR) is 93.3 cm³/mol. The van der Waals surface area contributed by atoms with Gasteiger partial charge in [-0.15, -0.1) is 0 Å². The Kier molecular flexibility index (Phi) is 5.05. The molecule has 0 fully saturated rings. The summed E-state index contributed by atoms with van der Waals surface area (Å²) in [6.07, 6.45) is 3.82. The SMILES string of the molecule is [O-]N(O)c1ccccc1Cn1ccc(=NCc2ccccc2)cc1. The number of aromatic nitrogens is 1. The van der Waals surface area contributed by atoms with E-state index in [9.17, 15) is 5.21 Å². The summed E-state index contributed by atoms with van der Waals surface area (Å²) in [4.78, 5) is 4.56. The Labute approximate surface area is 140 Å². The minimum absolute atomic E-state index is 0.0978. The molecule has 1 N–H and O–H groups in total.